The van der Waals surface area contributed by atoms with Gasteiger partial charge in [0.1, 0.15) is 0 Å². The Morgan fingerprint density at radius 3 is 2.68 bits per heavy atom. The van der Waals surface area contributed by atoms with Crippen LogP contribution < -0.4 is 0 Å². The number of hydrogen-bond acceptors (Lipinski definition) is 3. The molecule has 0 spiro atoms. The Kier molecular flexibility index (Phi) is 4.26. The molecule has 5 heteroatoms. The minimum absolute atomic E-state index is 0.601. The van der Waals surface area contributed by atoms with Gasteiger partial charge in [0, 0.05) is 27.9 Å². The third-order valence-electron chi connectivity index (χ3n) is 4.24. The number of carboxylic acid groups (broad SMARTS) is 1. The van der Waals surface area contributed by atoms with E-state index in [-0.39, 0.29) is 0 Å². The summed E-state index contributed by atoms with van der Waals surface area (Å²) in [5.41, 5.74) is 0.563. The van der Waals surface area contributed by atoms with Crippen LogP contribution in [0.4, 0.5) is 0 Å². The molecular formula is C17H18ClNO2S. The molecule has 1 aliphatic rings. The van der Waals surface area contributed by atoms with Gasteiger partial charge in [0.15, 0.2) is 0 Å². The number of aliphatic carboxylic acids is 1. The first kappa shape index (κ1) is 15.5. The summed E-state index contributed by atoms with van der Waals surface area (Å²) in [6.07, 6.45) is 0.720. The maximum absolute atomic E-state index is 11.3. The van der Waals surface area contributed by atoms with Gasteiger partial charge >= 0.3 is 5.97 Å². The predicted molar refractivity (Wildman–Crippen MR) is 90.4 cm³/mol. The van der Waals surface area contributed by atoms with E-state index in [4.69, 9.17) is 11.6 Å². The lowest BCUT2D eigenvalue weighted by Crippen LogP contribution is -2.31. The molecule has 2 heterocycles. The van der Waals surface area contributed by atoms with Gasteiger partial charge in [-0.15, -0.1) is 11.3 Å². The lowest BCUT2D eigenvalue weighted by Gasteiger charge is -2.19. The largest absolute Gasteiger partial charge is 0.481 e. The molecule has 1 aliphatic heterocycles. The molecule has 1 aromatic carbocycles. The zero-order valence-corrected chi connectivity index (χ0v) is 14.0. The molecule has 1 atom stereocenters. The normalized spacial score (nSPS) is 22.1. The number of carboxylic acids is 1. The number of hydrogen-bond donors (Lipinski definition) is 1. The van der Waals surface area contributed by atoms with E-state index in [9.17, 15) is 9.90 Å². The summed E-state index contributed by atoms with van der Waals surface area (Å²) >= 11 is 7.67. The molecule has 1 saturated heterocycles. The second-order valence-corrected chi connectivity index (χ2v) is 7.70. The van der Waals surface area contributed by atoms with Crippen molar-refractivity contribution in [1.82, 2.24) is 4.90 Å². The molecule has 3 rings (SSSR count). The number of nitrogens with zero attached hydrogens (tertiary/aromatic N) is 1. The fourth-order valence-electron chi connectivity index (χ4n) is 2.82. The van der Waals surface area contributed by atoms with E-state index < -0.39 is 11.4 Å². The van der Waals surface area contributed by atoms with Crippen LogP contribution in [0.1, 0.15) is 18.2 Å². The Morgan fingerprint density at radius 2 is 2.05 bits per heavy atom. The van der Waals surface area contributed by atoms with Crippen LogP contribution in [-0.2, 0) is 11.3 Å². The van der Waals surface area contributed by atoms with Crippen molar-refractivity contribution in [1.29, 1.82) is 0 Å². The van der Waals surface area contributed by atoms with E-state index >= 15 is 0 Å². The van der Waals surface area contributed by atoms with Gasteiger partial charge in [-0.05, 0) is 49.7 Å². The van der Waals surface area contributed by atoms with Crippen molar-refractivity contribution < 1.29 is 9.90 Å². The molecule has 1 aromatic heterocycles. The van der Waals surface area contributed by atoms with Crippen LogP contribution in [0.3, 0.4) is 0 Å². The quantitative estimate of drug-likeness (QED) is 0.902. The molecule has 0 aliphatic carbocycles. The van der Waals surface area contributed by atoms with Crippen molar-refractivity contribution in [2.45, 2.75) is 19.9 Å². The molecular weight excluding hydrogens is 318 g/mol. The SMILES string of the molecule is CC1(C(=O)O)CCN(Cc2ccc(-c3ccc(Cl)cc3)s2)C1. The van der Waals surface area contributed by atoms with Gasteiger partial charge in [0.2, 0.25) is 0 Å². The highest BCUT2D eigenvalue weighted by Crippen LogP contribution is 2.34. The Morgan fingerprint density at radius 1 is 1.32 bits per heavy atom. The van der Waals surface area contributed by atoms with Gasteiger partial charge < -0.3 is 5.11 Å². The van der Waals surface area contributed by atoms with E-state index in [0.717, 1.165) is 30.1 Å². The highest BCUT2D eigenvalue weighted by atomic mass is 35.5. The maximum atomic E-state index is 11.3. The smallest absolute Gasteiger partial charge is 0.310 e. The minimum atomic E-state index is -0.692. The Bertz CT molecular complexity index is 682. The van der Waals surface area contributed by atoms with Crippen molar-refractivity contribution in [3.05, 3.63) is 46.3 Å². The molecule has 0 radical (unpaired) electrons. The molecule has 1 unspecified atom stereocenters. The van der Waals surface area contributed by atoms with Crippen LogP contribution in [-0.4, -0.2) is 29.1 Å². The monoisotopic (exact) mass is 335 g/mol. The number of benzene rings is 1. The first-order valence-corrected chi connectivity index (χ1v) is 8.46. The van der Waals surface area contributed by atoms with Crippen molar-refractivity contribution >= 4 is 28.9 Å². The molecule has 22 heavy (non-hydrogen) atoms. The van der Waals surface area contributed by atoms with Crippen LogP contribution in [0, 0.1) is 5.41 Å². The second-order valence-electron chi connectivity index (χ2n) is 6.10. The summed E-state index contributed by atoms with van der Waals surface area (Å²) in [4.78, 5) is 16.0. The Labute approximate surface area is 139 Å². The zero-order valence-electron chi connectivity index (χ0n) is 12.4. The standard InChI is InChI=1S/C17H18ClNO2S/c1-17(16(20)21)8-9-19(11-17)10-14-6-7-15(22-14)12-2-4-13(18)5-3-12/h2-7H,8-11H2,1H3,(H,20,21). The average molecular weight is 336 g/mol. The summed E-state index contributed by atoms with van der Waals surface area (Å²) in [6.45, 7) is 4.12. The zero-order chi connectivity index (χ0) is 15.7. The van der Waals surface area contributed by atoms with Gasteiger partial charge in [-0.3, -0.25) is 9.69 Å². The van der Waals surface area contributed by atoms with Crippen LogP contribution >= 0.6 is 22.9 Å². The predicted octanol–water partition coefficient (Wildman–Crippen LogP) is 4.37. The topological polar surface area (TPSA) is 40.5 Å². The molecule has 2 aromatic rings. The molecule has 0 saturated carbocycles. The highest BCUT2D eigenvalue weighted by Gasteiger charge is 2.40. The van der Waals surface area contributed by atoms with E-state index in [0.29, 0.717) is 6.54 Å². The first-order valence-electron chi connectivity index (χ1n) is 7.27. The summed E-state index contributed by atoms with van der Waals surface area (Å²) < 4.78 is 0. The van der Waals surface area contributed by atoms with Crippen molar-refractivity contribution in [2.24, 2.45) is 5.41 Å². The molecule has 0 bridgehead atoms. The summed E-state index contributed by atoms with van der Waals surface area (Å²) in [6, 6.07) is 12.1. The van der Waals surface area contributed by atoms with E-state index in [1.54, 1.807) is 11.3 Å². The number of carbonyl (C=O) groups is 1. The van der Waals surface area contributed by atoms with Crippen LogP contribution in [0.5, 0.6) is 0 Å². The lowest BCUT2D eigenvalue weighted by molar-refractivity contribution is -0.147. The van der Waals surface area contributed by atoms with Gasteiger partial charge in [0.05, 0.1) is 5.41 Å². The lowest BCUT2D eigenvalue weighted by atomic mass is 9.90. The van der Waals surface area contributed by atoms with E-state index in [1.807, 2.05) is 31.2 Å². The first-order chi connectivity index (χ1) is 10.5. The highest BCUT2D eigenvalue weighted by molar-refractivity contribution is 7.15. The summed E-state index contributed by atoms with van der Waals surface area (Å²) in [7, 11) is 0. The Hall–Kier alpha value is -1.36. The molecule has 1 N–H and O–H groups in total. The van der Waals surface area contributed by atoms with Gasteiger partial charge in [0.25, 0.3) is 0 Å². The van der Waals surface area contributed by atoms with E-state index in [2.05, 4.69) is 17.0 Å². The number of halogens is 1. The average Bonchev–Trinajstić information content (AvgIpc) is 3.08. The molecule has 3 nitrogen and oxygen atoms in total. The van der Waals surface area contributed by atoms with Gasteiger partial charge in [-0.2, -0.15) is 0 Å². The number of thiophene rings is 1. The van der Waals surface area contributed by atoms with Crippen LogP contribution in [0.25, 0.3) is 10.4 Å². The van der Waals surface area contributed by atoms with Crippen LogP contribution in [0.15, 0.2) is 36.4 Å². The van der Waals surface area contributed by atoms with E-state index in [1.165, 1.54) is 9.75 Å². The number of likely N-dealkylation sites (tertiary alicyclic amines) is 1. The van der Waals surface area contributed by atoms with Crippen molar-refractivity contribution in [2.75, 3.05) is 13.1 Å². The van der Waals surface area contributed by atoms with Gasteiger partial charge in [-0.25, -0.2) is 0 Å². The third-order valence-corrected chi connectivity index (χ3v) is 5.61. The fraction of sp³-hybridized carbons (Fsp3) is 0.353. The van der Waals surface area contributed by atoms with Crippen molar-refractivity contribution in [3.8, 4) is 10.4 Å². The maximum Gasteiger partial charge on any atom is 0.310 e. The molecule has 116 valence electrons. The molecule has 1 fully saturated rings. The summed E-state index contributed by atoms with van der Waals surface area (Å²) in [5, 5.41) is 10.0. The number of rotatable bonds is 4. The van der Waals surface area contributed by atoms with Gasteiger partial charge in [-0.1, -0.05) is 23.7 Å². The minimum Gasteiger partial charge on any atom is -0.481 e. The summed E-state index contributed by atoms with van der Waals surface area (Å²) in [5.74, 6) is -0.692. The Balaban J connectivity index is 1.68. The third kappa shape index (κ3) is 3.19. The molecule has 0 amide bonds. The van der Waals surface area contributed by atoms with Crippen molar-refractivity contribution in [3.63, 3.8) is 0 Å². The second kappa shape index (κ2) is 6.03. The fourth-order valence-corrected chi connectivity index (χ4v) is 4.00. The van der Waals surface area contributed by atoms with Crippen LogP contribution in [0.2, 0.25) is 5.02 Å².